The Morgan fingerprint density at radius 1 is 1.43 bits per heavy atom. The van der Waals surface area contributed by atoms with Crippen molar-refractivity contribution < 1.29 is 0 Å². The molecule has 0 saturated carbocycles. The zero-order chi connectivity index (χ0) is 10.4. The summed E-state index contributed by atoms with van der Waals surface area (Å²) in [6, 6.07) is 7.76. The zero-order valence-electron chi connectivity index (χ0n) is 8.64. The summed E-state index contributed by atoms with van der Waals surface area (Å²) in [5, 5.41) is 3.67. The Labute approximate surface area is 84.4 Å². The normalized spacial score (nSPS) is 11.9. The highest BCUT2D eigenvalue weighted by atomic mass is 15.1. The molecule has 0 aliphatic heterocycles. The first-order valence-electron chi connectivity index (χ1n) is 4.91. The van der Waals surface area contributed by atoms with Crippen molar-refractivity contribution >= 4 is 5.69 Å². The van der Waals surface area contributed by atoms with Crippen LogP contribution >= 0.6 is 0 Å². The molecule has 0 amide bonds. The van der Waals surface area contributed by atoms with Crippen molar-refractivity contribution in [1.29, 1.82) is 0 Å². The molecule has 0 N–H and O–H groups in total. The van der Waals surface area contributed by atoms with Crippen LogP contribution in [0.2, 0.25) is 0 Å². The molecule has 14 heavy (non-hydrogen) atoms. The summed E-state index contributed by atoms with van der Waals surface area (Å²) < 4.78 is 0. The largest absolute Gasteiger partial charge is 0.0651 e. The van der Waals surface area contributed by atoms with Crippen LogP contribution in [-0.4, -0.2) is 0 Å². The van der Waals surface area contributed by atoms with Gasteiger partial charge >= 0.3 is 0 Å². The first kappa shape index (κ1) is 10.6. The van der Waals surface area contributed by atoms with Gasteiger partial charge in [0, 0.05) is 10.6 Å². The van der Waals surface area contributed by atoms with Gasteiger partial charge in [0.2, 0.25) is 0 Å². The fourth-order valence-corrected chi connectivity index (χ4v) is 1.35. The lowest BCUT2D eigenvalue weighted by atomic mass is 9.98. The summed E-state index contributed by atoms with van der Waals surface area (Å²) in [5.41, 5.74) is 10.3. The summed E-state index contributed by atoms with van der Waals surface area (Å²) in [5.74, 6) is 0.630. The summed E-state index contributed by atoms with van der Waals surface area (Å²) >= 11 is 0. The molecular formula is C11H15N3. The predicted molar refractivity (Wildman–Crippen MR) is 58.4 cm³/mol. The minimum absolute atomic E-state index is 0.630. The van der Waals surface area contributed by atoms with Gasteiger partial charge in [0.05, 0.1) is 0 Å². The molecular weight excluding hydrogens is 174 g/mol. The van der Waals surface area contributed by atoms with Gasteiger partial charge in [-0.1, -0.05) is 49.6 Å². The number of nitrogens with zero attached hydrogens (tertiary/aromatic N) is 3. The van der Waals surface area contributed by atoms with E-state index in [9.17, 15) is 0 Å². The van der Waals surface area contributed by atoms with Crippen molar-refractivity contribution in [2.75, 3.05) is 0 Å². The molecule has 74 valence electrons. The monoisotopic (exact) mass is 189 g/mol. The maximum atomic E-state index is 8.39. The molecule has 0 aromatic heterocycles. The highest BCUT2D eigenvalue weighted by molar-refractivity contribution is 5.45. The molecule has 0 aliphatic rings. The van der Waals surface area contributed by atoms with Crippen LogP contribution in [0.15, 0.2) is 29.4 Å². The molecule has 0 radical (unpaired) electrons. The predicted octanol–water partition coefficient (Wildman–Crippen LogP) is 4.22. The van der Waals surface area contributed by atoms with Gasteiger partial charge in [0.15, 0.2) is 0 Å². The third-order valence-electron chi connectivity index (χ3n) is 2.41. The van der Waals surface area contributed by atoms with E-state index in [0.29, 0.717) is 5.92 Å². The van der Waals surface area contributed by atoms with Crippen LogP contribution in [0.1, 0.15) is 25.8 Å². The second kappa shape index (κ2) is 5.30. The summed E-state index contributed by atoms with van der Waals surface area (Å²) in [6.07, 6.45) is 2.12. The number of hydrogen-bond acceptors (Lipinski definition) is 1. The molecule has 1 rings (SSSR count). The third-order valence-corrected chi connectivity index (χ3v) is 2.41. The summed E-state index contributed by atoms with van der Waals surface area (Å²) in [6.45, 7) is 4.37. The van der Waals surface area contributed by atoms with Gasteiger partial charge in [-0.2, -0.15) is 0 Å². The van der Waals surface area contributed by atoms with E-state index >= 15 is 0 Å². The topological polar surface area (TPSA) is 48.8 Å². The lowest BCUT2D eigenvalue weighted by molar-refractivity contribution is 0.560. The van der Waals surface area contributed by atoms with Crippen molar-refractivity contribution in [1.82, 2.24) is 0 Å². The number of azide groups is 1. The van der Waals surface area contributed by atoms with Crippen molar-refractivity contribution in [3.63, 3.8) is 0 Å². The van der Waals surface area contributed by atoms with Gasteiger partial charge in [-0.15, -0.1) is 0 Å². The van der Waals surface area contributed by atoms with E-state index in [1.165, 1.54) is 0 Å². The van der Waals surface area contributed by atoms with E-state index in [1.807, 2.05) is 24.3 Å². The molecule has 0 saturated heterocycles. The van der Waals surface area contributed by atoms with Crippen LogP contribution in [-0.2, 0) is 6.42 Å². The fraction of sp³-hybridized carbons (Fsp3) is 0.455. The van der Waals surface area contributed by atoms with Crippen LogP contribution in [0, 0.1) is 5.92 Å². The average molecular weight is 189 g/mol. The molecule has 1 aromatic rings. The second-order valence-electron chi connectivity index (χ2n) is 3.54. The van der Waals surface area contributed by atoms with Crippen LogP contribution < -0.4 is 0 Å². The molecule has 0 aliphatic carbocycles. The molecule has 0 spiro atoms. The summed E-state index contributed by atoms with van der Waals surface area (Å²) in [4.78, 5) is 2.82. The van der Waals surface area contributed by atoms with E-state index in [0.717, 1.165) is 24.1 Å². The van der Waals surface area contributed by atoms with Crippen LogP contribution in [0.3, 0.4) is 0 Å². The maximum absolute atomic E-state index is 8.39. The average Bonchev–Trinajstić information content (AvgIpc) is 2.21. The number of hydrogen-bond donors (Lipinski definition) is 0. The van der Waals surface area contributed by atoms with Crippen molar-refractivity contribution in [3.8, 4) is 0 Å². The lowest BCUT2D eigenvalue weighted by Crippen LogP contribution is -1.97. The Kier molecular flexibility index (Phi) is 4.02. The summed E-state index contributed by atoms with van der Waals surface area (Å²) in [7, 11) is 0. The first-order chi connectivity index (χ1) is 6.77. The molecule has 0 unspecified atom stereocenters. The Bertz CT molecular complexity index is 340. The van der Waals surface area contributed by atoms with Gasteiger partial charge in [-0.25, -0.2) is 0 Å². The molecule has 1 aromatic carbocycles. The molecule has 0 fully saturated rings. The van der Waals surface area contributed by atoms with E-state index in [1.54, 1.807) is 0 Å². The zero-order valence-corrected chi connectivity index (χ0v) is 8.64. The van der Waals surface area contributed by atoms with Gasteiger partial charge in [0.1, 0.15) is 0 Å². The van der Waals surface area contributed by atoms with Crippen molar-refractivity contribution in [2.45, 2.75) is 26.7 Å². The standard InChI is InChI=1S/C11H15N3/c1-3-9(2)8-10-6-4-5-7-11(10)13-14-12/h4-7,9H,3,8H2,1-2H3/t9-/m1/s1. The van der Waals surface area contributed by atoms with Crippen LogP contribution in [0.4, 0.5) is 5.69 Å². The number of rotatable bonds is 4. The maximum Gasteiger partial charge on any atom is 0.0407 e. The number of benzene rings is 1. The van der Waals surface area contributed by atoms with Gasteiger partial charge in [-0.3, -0.25) is 0 Å². The Balaban J connectivity index is 2.89. The third kappa shape index (κ3) is 2.79. The van der Waals surface area contributed by atoms with E-state index in [4.69, 9.17) is 5.53 Å². The Morgan fingerprint density at radius 3 is 2.79 bits per heavy atom. The SMILES string of the molecule is CC[C@@H](C)Cc1ccccc1N=[N+]=[N-]. The molecule has 3 nitrogen and oxygen atoms in total. The molecule has 3 heteroatoms. The highest BCUT2D eigenvalue weighted by Gasteiger charge is 2.04. The van der Waals surface area contributed by atoms with E-state index < -0.39 is 0 Å². The van der Waals surface area contributed by atoms with Gasteiger partial charge in [0.25, 0.3) is 0 Å². The first-order valence-corrected chi connectivity index (χ1v) is 4.91. The Morgan fingerprint density at radius 2 is 2.14 bits per heavy atom. The van der Waals surface area contributed by atoms with Crippen molar-refractivity contribution in [2.24, 2.45) is 11.0 Å². The van der Waals surface area contributed by atoms with Crippen molar-refractivity contribution in [3.05, 3.63) is 40.3 Å². The quantitative estimate of drug-likeness (QED) is 0.387. The van der Waals surface area contributed by atoms with Gasteiger partial charge in [-0.05, 0) is 23.4 Å². The minimum Gasteiger partial charge on any atom is -0.0651 e. The van der Waals surface area contributed by atoms with Crippen LogP contribution in [0.5, 0.6) is 0 Å². The molecule has 0 heterocycles. The van der Waals surface area contributed by atoms with Gasteiger partial charge < -0.3 is 0 Å². The minimum atomic E-state index is 0.630. The molecule has 1 atom stereocenters. The van der Waals surface area contributed by atoms with E-state index in [-0.39, 0.29) is 0 Å². The Hall–Kier alpha value is -1.47. The lowest BCUT2D eigenvalue weighted by Gasteiger charge is -2.09. The fourth-order valence-electron chi connectivity index (χ4n) is 1.35. The van der Waals surface area contributed by atoms with Crippen LogP contribution in [0.25, 0.3) is 10.4 Å². The smallest absolute Gasteiger partial charge is 0.0407 e. The van der Waals surface area contributed by atoms with E-state index in [2.05, 4.69) is 23.9 Å². The highest BCUT2D eigenvalue weighted by Crippen LogP contribution is 2.22. The molecule has 0 bridgehead atoms. The second-order valence-corrected chi connectivity index (χ2v) is 3.54.